The van der Waals surface area contributed by atoms with Crippen LogP contribution in [0.5, 0.6) is 17.2 Å². The molecule has 0 unspecified atom stereocenters. The third-order valence-electron chi connectivity index (χ3n) is 7.63. The number of esters is 3. The Bertz CT molecular complexity index is 2080. The molecule has 0 atom stereocenters. The SMILES string of the molecule is O=C(Oc1ccccc1)c1ccc(Nc2nc(Nc3ccc(C(=O)Oc4ccccc4)cc3)nc(Nc3ccc(C(=O)Oc4ccccc4)cc3)n2)cc1. The summed E-state index contributed by atoms with van der Waals surface area (Å²) in [5.41, 5.74) is 2.86. The van der Waals surface area contributed by atoms with Crippen molar-refractivity contribution in [3.05, 3.63) is 180 Å². The average molecular weight is 715 g/mol. The highest BCUT2D eigenvalue weighted by Crippen LogP contribution is 2.23. The summed E-state index contributed by atoms with van der Waals surface area (Å²) in [6, 6.07) is 46.4. The summed E-state index contributed by atoms with van der Waals surface area (Å²) in [6.07, 6.45) is 0. The fourth-order valence-electron chi connectivity index (χ4n) is 4.96. The first-order valence-corrected chi connectivity index (χ1v) is 16.6. The minimum absolute atomic E-state index is 0.181. The van der Waals surface area contributed by atoms with Gasteiger partial charge in [0.2, 0.25) is 17.8 Å². The van der Waals surface area contributed by atoms with Crippen LogP contribution in [0.1, 0.15) is 31.1 Å². The second kappa shape index (κ2) is 16.4. The van der Waals surface area contributed by atoms with E-state index in [1.54, 1.807) is 146 Å². The van der Waals surface area contributed by atoms with Crippen LogP contribution in [0.2, 0.25) is 0 Å². The van der Waals surface area contributed by atoms with Crippen molar-refractivity contribution in [1.82, 2.24) is 15.0 Å². The molecule has 7 rings (SSSR count). The van der Waals surface area contributed by atoms with Crippen LogP contribution >= 0.6 is 0 Å². The highest BCUT2D eigenvalue weighted by molar-refractivity contribution is 5.93. The maximum absolute atomic E-state index is 12.7. The molecule has 0 bridgehead atoms. The third-order valence-corrected chi connectivity index (χ3v) is 7.63. The molecule has 1 aromatic heterocycles. The molecule has 7 aromatic rings. The zero-order valence-corrected chi connectivity index (χ0v) is 28.4. The Morgan fingerprint density at radius 1 is 0.333 bits per heavy atom. The third kappa shape index (κ3) is 9.27. The van der Waals surface area contributed by atoms with Crippen molar-refractivity contribution in [2.45, 2.75) is 0 Å². The Morgan fingerprint density at radius 3 is 0.815 bits per heavy atom. The van der Waals surface area contributed by atoms with E-state index in [-0.39, 0.29) is 17.8 Å². The van der Waals surface area contributed by atoms with Crippen LogP contribution in [0.4, 0.5) is 34.9 Å². The molecular formula is C42H30N6O6. The second-order valence-corrected chi connectivity index (χ2v) is 11.5. The van der Waals surface area contributed by atoms with Crippen molar-refractivity contribution in [2.75, 3.05) is 16.0 Å². The summed E-state index contributed by atoms with van der Waals surface area (Å²) in [5, 5.41) is 9.45. The number of anilines is 6. The fourth-order valence-corrected chi connectivity index (χ4v) is 4.96. The van der Waals surface area contributed by atoms with E-state index in [1.807, 2.05) is 18.2 Å². The van der Waals surface area contributed by atoms with Crippen molar-refractivity contribution >= 4 is 52.8 Å². The van der Waals surface area contributed by atoms with Crippen molar-refractivity contribution in [3.8, 4) is 17.2 Å². The van der Waals surface area contributed by atoms with E-state index < -0.39 is 17.9 Å². The lowest BCUT2D eigenvalue weighted by Gasteiger charge is -2.12. The summed E-state index contributed by atoms with van der Waals surface area (Å²) in [7, 11) is 0. The molecule has 0 aliphatic heterocycles. The lowest BCUT2D eigenvalue weighted by molar-refractivity contribution is 0.0725. The quantitative estimate of drug-likeness (QED) is 0.0819. The topological polar surface area (TPSA) is 154 Å². The van der Waals surface area contributed by atoms with Crippen LogP contribution < -0.4 is 30.2 Å². The summed E-state index contributed by atoms with van der Waals surface area (Å²) in [4.78, 5) is 51.6. The van der Waals surface area contributed by atoms with Crippen molar-refractivity contribution < 1.29 is 28.6 Å². The number of carbonyl (C=O) groups excluding carboxylic acids is 3. The zero-order valence-electron chi connectivity index (χ0n) is 28.4. The average Bonchev–Trinajstić information content (AvgIpc) is 3.20. The van der Waals surface area contributed by atoms with Crippen LogP contribution in [0.25, 0.3) is 0 Å². The lowest BCUT2D eigenvalue weighted by atomic mass is 10.2. The molecule has 3 N–H and O–H groups in total. The summed E-state index contributed by atoms with van der Waals surface area (Å²) < 4.78 is 16.3. The monoisotopic (exact) mass is 714 g/mol. The van der Waals surface area contributed by atoms with Gasteiger partial charge >= 0.3 is 17.9 Å². The number of para-hydroxylation sites is 3. The standard InChI is InChI=1S/C42H30N6O6/c49-37(52-34-10-4-1-5-11-34)28-16-22-31(23-17-28)43-40-46-41(44-32-24-18-29(19-25-32)38(50)53-35-12-6-2-7-13-35)48-42(47-40)45-33-26-20-30(21-27-33)39(51)54-36-14-8-3-9-15-36/h1-27H,(H3,43,44,45,46,47,48). The van der Waals surface area contributed by atoms with Crippen molar-refractivity contribution in [3.63, 3.8) is 0 Å². The number of nitrogens with zero attached hydrogens (tertiary/aromatic N) is 3. The molecule has 0 amide bonds. The van der Waals surface area contributed by atoms with Crippen molar-refractivity contribution in [1.29, 1.82) is 0 Å². The molecule has 0 saturated carbocycles. The molecule has 0 fully saturated rings. The zero-order chi connectivity index (χ0) is 37.1. The Morgan fingerprint density at radius 2 is 0.574 bits per heavy atom. The molecule has 54 heavy (non-hydrogen) atoms. The van der Waals surface area contributed by atoms with Gasteiger partial charge in [-0.1, -0.05) is 54.6 Å². The Balaban J connectivity index is 1.08. The molecule has 0 saturated heterocycles. The normalized spacial score (nSPS) is 10.4. The number of hydrogen-bond acceptors (Lipinski definition) is 12. The van der Waals surface area contributed by atoms with E-state index in [1.165, 1.54) is 0 Å². The molecule has 0 spiro atoms. The Hall–Kier alpha value is -7.86. The van der Waals surface area contributed by atoms with Gasteiger partial charge in [-0.3, -0.25) is 0 Å². The molecule has 0 aliphatic carbocycles. The summed E-state index contributed by atoms with van der Waals surface area (Å²) >= 11 is 0. The molecule has 12 heteroatoms. The van der Waals surface area contributed by atoms with Crippen LogP contribution in [0.3, 0.4) is 0 Å². The first-order chi connectivity index (χ1) is 26.4. The van der Waals surface area contributed by atoms with E-state index >= 15 is 0 Å². The van der Waals surface area contributed by atoms with Gasteiger partial charge in [-0.15, -0.1) is 0 Å². The maximum atomic E-state index is 12.7. The number of aromatic nitrogens is 3. The van der Waals surface area contributed by atoms with E-state index in [0.717, 1.165) is 0 Å². The van der Waals surface area contributed by atoms with Gasteiger partial charge in [0, 0.05) is 17.1 Å². The first kappa shape index (κ1) is 34.6. The number of nitrogens with one attached hydrogen (secondary N) is 3. The molecule has 6 aromatic carbocycles. The number of carbonyl (C=O) groups is 3. The first-order valence-electron chi connectivity index (χ1n) is 16.6. The molecule has 0 aliphatic rings. The van der Waals surface area contributed by atoms with Crippen LogP contribution in [-0.2, 0) is 0 Å². The molecule has 0 radical (unpaired) electrons. The summed E-state index contributed by atoms with van der Waals surface area (Å²) in [6.45, 7) is 0. The van der Waals surface area contributed by atoms with E-state index in [2.05, 4.69) is 30.9 Å². The number of ether oxygens (including phenoxy) is 3. The smallest absolute Gasteiger partial charge is 0.343 e. The second-order valence-electron chi connectivity index (χ2n) is 11.5. The van der Waals surface area contributed by atoms with Crippen molar-refractivity contribution in [2.24, 2.45) is 0 Å². The number of rotatable bonds is 12. The van der Waals surface area contributed by atoms with Gasteiger partial charge < -0.3 is 30.2 Å². The Labute approximate surface area is 309 Å². The number of hydrogen-bond donors (Lipinski definition) is 3. The van der Waals surface area contributed by atoms with Gasteiger partial charge in [-0.25, -0.2) is 14.4 Å². The van der Waals surface area contributed by atoms with Crippen LogP contribution in [-0.4, -0.2) is 32.9 Å². The fraction of sp³-hybridized carbons (Fsp3) is 0. The van der Waals surface area contributed by atoms with E-state index in [0.29, 0.717) is 51.0 Å². The van der Waals surface area contributed by atoms with Gasteiger partial charge in [-0.2, -0.15) is 15.0 Å². The Kier molecular flexibility index (Phi) is 10.5. The molecule has 1 heterocycles. The highest BCUT2D eigenvalue weighted by Gasteiger charge is 2.14. The molecule has 264 valence electrons. The minimum Gasteiger partial charge on any atom is -0.423 e. The van der Waals surface area contributed by atoms with Gasteiger partial charge in [-0.05, 0) is 109 Å². The predicted octanol–water partition coefficient (Wildman–Crippen LogP) is 8.76. The lowest BCUT2D eigenvalue weighted by Crippen LogP contribution is -2.10. The predicted molar refractivity (Wildman–Crippen MR) is 203 cm³/mol. The van der Waals surface area contributed by atoms with Crippen LogP contribution in [0, 0.1) is 0 Å². The highest BCUT2D eigenvalue weighted by atomic mass is 16.5. The van der Waals surface area contributed by atoms with Crippen LogP contribution in [0.15, 0.2) is 164 Å². The van der Waals surface area contributed by atoms with E-state index in [4.69, 9.17) is 14.2 Å². The van der Waals surface area contributed by atoms with E-state index in [9.17, 15) is 14.4 Å². The molecular weight excluding hydrogens is 684 g/mol. The van der Waals surface area contributed by atoms with Gasteiger partial charge in [0.1, 0.15) is 17.2 Å². The number of benzene rings is 6. The molecule has 12 nitrogen and oxygen atoms in total. The van der Waals surface area contributed by atoms with Gasteiger partial charge in [0.25, 0.3) is 0 Å². The minimum atomic E-state index is -0.496. The van der Waals surface area contributed by atoms with Gasteiger partial charge in [0.05, 0.1) is 16.7 Å². The maximum Gasteiger partial charge on any atom is 0.343 e. The summed E-state index contributed by atoms with van der Waals surface area (Å²) in [5.74, 6) is 0.385. The van der Waals surface area contributed by atoms with Gasteiger partial charge in [0.15, 0.2) is 0 Å². The largest absolute Gasteiger partial charge is 0.423 e.